The van der Waals surface area contributed by atoms with Crippen molar-refractivity contribution < 1.29 is 24.7 Å². The average Bonchev–Trinajstić information content (AvgIpc) is 2.37. The summed E-state index contributed by atoms with van der Waals surface area (Å²) in [5.74, 6) is -1.95. The number of aliphatic carboxylic acids is 1. The first kappa shape index (κ1) is 16.6. The van der Waals surface area contributed by atoms with Gasteiger partial charge in [-0.1, -0.05) is 30.3 Å². The third-order valence-electron chi connectivity index (χ3n) is 1.92. The number of carbonyl (C=O) groups excluding carboxylic acids is 2. The van der Waals surface area contributed by atoms with Crippen LogP contribution in [-0.2, 0) is 20.8 Å². The number of hydrogen-bond acceptors (Lipinski definition) is 4. The second-order valence-electron chi connectivity index (χ2n) is 3.56. The van der Waals surface area contributed by atoms with E-state index < -0.39 is 17.8 Å². The molecule has 0 saturated carbocycles. The maximum absolute atomic E-state index is 10.2. The number of nitrogens with one attached hydrogen (secondary N) is 1. The molecule has 0 aliphatic heterocycles. The summed E-state index contributed by atoms with van der Waals surface area (Å²) in [5, 5.41) is 16.3. The number of carboxylic acid groups (broad SMARTS) is 1. The Balaban J connectivity index is 0.000000344. The third kappa shape index (κ3) is 10.5. The van der Waals surface area contributed by atoms with Crippen LogP contribution in [0.25, 0.3) is 0 Å². The molecule has 0 unspecified atom stereocenters. The van der Waals surface area contributed by atoms with E-state index in [4.69, 9.17) is 16.0 Å². The Bertz CT molecular complexity index is 419. The van der Waals surface area contributed by atoms with Crippen LogP contribution >= 0.6 is 0 Å². The second kappa shape index (κ2) is 9.60. The van der Waals surface area contributed by atoms with Crippen molar-refractivity contribution in [2.45, 2.75) is 19.3 Å². The molecule has 0 bridgehead atoms. The number of hydrogen-bond donors (Lipinski definition) is 4. The lowest BCUT2D eigenvalue weighted by atomic mass is 10.2. The van der Waals surface area contributed by atoms with Gasteiger partial charge in [0, 0.05) is 12.8 Å². The van der Waals surface area contributed by atoms with Crippen LogP contribution in [0.15, 0.2) is 30.3 Å². The molecule has 0 fully saturated rings. The van der Waals surface area contributed by atoms with E-state index in [9.17, 15) is 14.4 Å². The Morgan fingerprint density at radius 2 is 1.68 bits per heavy atom. The van der Waals surface area contributed by atoms with Gasteiger partial charge in [0.2, 0.25) is 11.8 Å². The quantitative estimate of drug-likeness (QED) is 0.443. The monoisotopic (exact) mass is 268 g/mol. The molecule has 104 valence electrons. The highest BCUT2D eigenvalue weighted by molar-refractivity contribution is 5.82. The Morgan fingerprint density at radius 1 is 1.11 bits per heavy atom. The number of amides is 2. The molecular weight excluding hydrogens is 252 g/mol. The van der Waals surface area contributed by atoms with Crippen molar-refractivity contribution in [3.63, 3.8) is 0 Å². The molecule has 0 aliphatic rings. The molecule has 0 atom stereocenters. The second-order valence-corrected chi connectivity index (χ2v) is 3.56. The van der Waals surface area contributed by atoms with Crippen LogP contribution in [0.5, 0.6) is 0 Å². The molecule has 0 saturated heterocycles. The van der Waals surface area contributed by atoms with Crippen molar-refractivity contribution in [2.24, 2.45) is 5.73 Å². The zero-order valence-corrected chi connectivity index (χ0v) is 10.2. The van der Waals surface area contributed by atoms with E-state index in [0.29, 0.717) is 0 Å². The van der Waals surface area contributed by atoms with Crippen LogP contribution in [0, 0.1) is 0 Å². The summed E-state index contributed by atoms with van der Waals surface area (Å²) in [7, 11) is 0. The van der Waals surface area contributed by atoms with E-state index in [0.717, 1.165) is 5.56 Å². The molecule has 0 heterocycles. The van der Waals surface area contributed by atoms with Gasteiger partial charge in [0.15, 0.2) is 0 Å². The van der Waals surface area contributed by atoms with Crippen molar-refractivity contribution in [3.8, 4) is 0 Å². The highest BCUT2D eigenvalue weighted by atomic mass is 16.5. The summed E-state index contributed by atoms with van der Waals surface area (Å²) in [6.45, 7) is 0. The van der Waals surface area contributed by atoms with E-state index in [1.54, 1.807) is 12.1 Å². The molecule has 19 heavy (non-hydrogen) atoms. The molecule has 1 aromatic rings. The van der Waals surface area contributed by atoms with Crippen molar-refractivity contribution in [1.82, 2.24) is 5.48 Å². The Hall–Kier alpha value is -2.41. The largest absolute Gasteiger partial charge is 0.481 e. The Labute approximate surface area is 110 Å². The molecule has 0 radical (unpaired) electrons. The number of primary amides is 1. The van der Waals surface area contributed by atoms with Gasteiger partial charge in [-0.25, -0.2) is 5.48 Å². The molecule has 7 heteroatoms. The lowest BCUT2D eigenvalue weighted by Gasteiger charge is -1.92. The van der Waals surface area contributed by atoms with Crippen LogP contribution in [0.2, 0.25) is 0 Å². The van der Waals surface area contributed by atoms with Crippen LogP contribution < -0.4 is 11.2 Å². The van der Waals surface area contributed by atoms with Gasteiger partial charge < -0.3 is 10.8 Å². The first-order chi connectivity index (χ1) is 8.95. The lowest BCUT2D eigenvalue weighted by molar-refractivity contribution is -0.136. The molecular formula is C12H16N2O5. The summed E-state index contributed by atoms with van der Waals surface area (Å²) in [6, 6.07) is 9.13. The standard InChI is InChI=1S/C8H8O2.C4H8N2O3/c9-8(10)6-7-4-2-1-3-5-7;5-3(7)1-2-4(8)6-9/h1-5H,6H2,(H,9,10);9H,1-2H2,(H2,5,7)(H,6,8). The van der Waals surface area contributed by atoms with Crippen molar-refractivity contribution in [2.75, 3.05) is 0 Å². The van der Waals surface area contributed by atoms with Crippen LogP contribution in [-0.4, -0.2) is 28.1 Å². The molecule has 2 amide bonds. The minimum atomic E-state index is -0.786. The minimum Gasteiger partial charge on any atom is -0.481 e. The normalized spacial score (nSPS) is 8.89. The smallest absolute Gasteiger partial charge is 0.307 e. The predicted molar refractivity (Wildman–Crippen MR) is 66.1 cm³/mol. The van der Waals surface area contributed by atoms with Crippen molar-refractivity contribution in [1.29, 1.82) is 0 Å². The summed E-state index contributed by atoms with van der Waals surface area (Å²) >= 11 is 0. The topological polar surface area (TPSA) is 130 Å². The van der Waals surface area contributed by atoms with E-state index in [-0.39, 0.29) is 19.3 Å². The number of benzene rings is 1. The van der Waals surface area contributed by atoms with Gasteiger partial charge in [-0.3, -0.25) is 19.6 Å². The third-order valence-corrected chi connectivity index (χ3v) is 1.92. The molecule has 1 aromatic carbocycles. The zero-order chi connectivity index (χ0) is 14.7. The maximum Gasteiger partial charge on any atom is 0.307 e. The zero-order valence-electron chi connectivity index (χ0n) is 10.2. The SMILES string of the molecule is NC(=O)CCC(=O)NO.O=C(O)Cc1ccccc1. The van der Waals surface area contributed by atoms with E-state index >= 15 is 0 Å². The fraction of sp³-hybridized carbons (Fsp3) is 0.250. The molecule has 5 N–H and O–H groups in total. The van der Waals surface area contributed by atoms with E-state index in [2.05, 4.69) is 0 Å². The Kier molecular flexibility index (Phi) is 8.38. The van der Waals surface area contributed by atoms with Gasteiger partial charge in [-0.15, -0.1) is 0 Å². The summed E-state index contributed by atoms with van der Waals surface area (Å²) in [5.41, 5.74) is 6.91. The highest BCUT2D eigenvalue weighted by Gasteiger charge is 2.00. The van der Waals surface area contributed by atoms with Crippen molar-refractivity contribution in [3.05, 3.63) is 35.9 Å². The minimum absolute atomic E-state index is 0.0353. The van der Waals surface area contributed by atoms with E-state index in [1.165, 1.54) is 5.48 Å². The van der Waals surface area contributed by atoms with E-state index in [1.807, 2.05) is 18.2 Å². The summed E-state index contributed by atoms with van der Waals surface area (Å²) in [4.78, 5) is 30.3. The summed E-state index contributed by atoms with van der Waals surface area (Å²) < 4.78 is 0. The predicted octanol–water partition coefficient (Wildman–Crippen LogP) is 0.0710. The Morgan fingerprint density at radius 3 is 2.11 bits per heavy atom. The van der Waals surface area contributed by atoms with Gasteiger partial charge in [-0.2, -0.15) is 0 Å². The summed E-state index contributed by atoms with van der Waals surface area (Å²) in [6.07, 6.45) is 0.0130. The number of rotatable bonds is 5. The average molecular weight is 268 g/mol. The van der Waals surface area contributed by atoms with Gasteiger partial charge in [0.25, 0.3) is 0 Å². The van der Waals surface area contributed by atoms with Gasteiger partial charge in [0.1, 0.15) is 0 Å². The highest BCUT2D eigenvalue weighted by Crippen LogP contribution is 1.98. The lowest BCUT2D eigenvalue weighted by Crippen LogP contribution is -2.21. The van der Waals surface area contributed by atoms with Crippen LogP contribution in [0.4, 0.5) is 0 Å². The molecule has 0 aliphatic carbocycles. The number of carbonyl (C=O) groups is 3. The van der Waals surface area contributed by atoms with Crippen LogP contribution in [0.3, 0.4) is 0 Å². The van der Waals surface area contributed by atoms with Gasteiger partial charge in [0.05, 0.1) is 6.42 Å². The van der Waals surface area contributed by atoms with Gasteiger partial charge in [-0.05, 0) is 5.56 Å². The number of nitrogens with two attached hydrogens (primary N) is 1. The van der Waals surface area contributed by atoms with Crippen molar-refractivity contribution >= 4 is 17.8 Å². The number of hydroxylamine groups is 1. The maximum atomic E-state index is 10.2. The molecule has 0 aromatic heterocycles. The first-order valence-electron chi connectivity index (χ1n) is 5.42. The fourth-order valence-corrected chi connectivity index (χ4v) is 1.06. The molecule has 1 rings (SSSR count). The molecule has 7 nitrogen and oxygen atoms in total. The molecule has 0 spiro atoms. The van der Waals surface area contributed by atoms with Crippen LogP contribution in [0.1, 0.15) is 18.4 Å². The fourth-order valence-electron chi connectivity index (χ4n) is 1.06. The van der Waals surface area contributed by atoms with Gasteiger partial charge >= 0.3 is 5.97 Å². The first-order valence-corrected chi connectivity index (χ1v) is 5.42. The number of carboxylic acids is 1.